The first-order valence-electron chi connectivity index (χ1n) is 5.12. The van der Waals surface area contributed by atoms with E-state index in [4.69, 9.17) is 17.3 Å². The number of nitrogens with zero attached hydrogens (tertiary/aromatic N) is 1. The van der Waals surface area contributed by atoms with Crippen molar-refractivity contribution >= 4 is 35.0 Å². The van der Waals surface area contributed by atoms with Gasteiger partial charge in [0, 0.05) is 23.7 Å². The Morgan fingerprint density at radius 2 is 2.25 bits per heavy atom. The molecule has 1 aliphatic rings. The summed E-state index contributed by atoms with van der Waals surface area (Å²) in [6.07, 6.45) is 1.12. The molecule has 1 aromatic rings. The van der Waals surface area contributed by atoms with Gasteiger partial charge in [0.25, 0.3) is 0 Å². The van der Waals surface area contributed by atoms with Gasteiger partial charge in [0.15, 0.2) is 0 Å². The van der Waals surface area contributed by atoms with Crippen LogP contribution >= 0.6 is 23.4 Å². The highest BCUT2D eigenvalue weighted by molar-refractivity contribution is 8.00. The van der Waals surface area contributed by atoms with Crippen LogP contribution in [0, 0.1) is 0 Å². The van der Waals surface area contributed by atoms with E-state index in [-0.39, 0.29) is 5.91 Å². The summed E-state index contributed by atoms with van der Waals surface area (Å²) < 4.78 is 0. The average molecular weight is 257 g/mol. The van der Waals surface area contributed by atoms with E-state index in [0.717, 1.165) is 24.4 Å². The van der Waals surface area contributed by atoms with Gasteiger partial charge in [-0.25, -0.2) is 0 Å². The van der Waals surface area contributed by atoms with Crippen LogP contribution in [0.25, 0.3) is 0 Å². The van der Waals surface area contributed by atoms with Crippen molar-refractivity contribution in [3.05, 3.63) is 23.2 Å². The van der Waals surface area contributed by atoms with Gasteiger partial charge in [-0.3, -0.25) is 4.79 Å². The zero-order valence-corrected chi connectivity index (χ0v) is 10.4. The van der Waals surface area contributed by atoms with Gasteiger partial charge in [-0.2, -0.15) is 0 Å². The van der Waals surface area contributed by atoms with Crippen molar-refractivity contribution in [3.8, 4) is 0 Å². The number of carbonyl (C=O) groups excluding carboxylic acids is 1. The third kappa shape index (κ3) is 2.62. The minimum absolute atomic E-state index is 0.176. The molecule has 1 aliphatic heterocycles. The fourth-order valence-corrected chi connectivity index (χ4v) is 2.60. The van der Waals surface area contributed by atoms with Crippen molar-refractivity contribution < 1.29 is 4.79 Å². The number of likely N-dealkylation sites (tertiary alicyclic amines) is 1. The van der Waals surface area contributed by atoms with Gasteiger partial charge in [-0.1, -0.05) is 11.6 Å². The molecule has 1 amide bonds. The Labute approximate surface area is 104 Å². The van der Waals surface area contributed by atoms with Gasteiger partial charge in [-0.05, 0) is 24.6 Å². The van der Waals surface area contributed by atoms with Gasteiger partial charge >= 0.3 is 0 Å². The highest BCUT2D eigenvalue weighted by atomic mass is 35.5. The van der Waals surface area contributed by atoms with E-state index in [9.17, 15) is 4.79 Å². The Balaban J connectivity index is 1.93. The second kappa shape index (κ2) is 4.97. The smallest absolute Gasteiger partial charge is 0.232 e. The molecule has 86 valence electrons. The normalized spacial score (nSPS) is 14.7. The molecule has 5 heteroatoms. The fraction of sp³-hybridized carbons (Fsp3) is 0.364. The van der Waals surface area contributed by atoms with Crippen molar-refractivity contribution in [2.24, 2.45) is 0 Å². The predicted molar refractivity (Wildman–Crippen MR) is 67.8 cm³/mol. The van der Waals surface area contributed by atoms with E-state index in [1.54, 1.807) is 18.2 Å². The summed E-state index contributed by atoms with van der Waals surface area (Å²) in [5.74, 6) is 0.609. The van der Waals surface area contributed by atoms with E-state index in [0.29, 0.717) is 16.5 Å². The highest BCUT2D eigenvalue weighted by Crippen LogP contribution is 2.29. The lowest BCUT2D eigenvalue weighted by atomic mass is 10.2. The quantitative estimate of drug-likeness (QED) is 0.667. The zero-order chi connectivity index (χ0) is 11.5. The Kier molecular flexibility index (Phi) is 3.61. The van der Waals surface area contributed by atoms with Crippen molar-refractivity contribution in [1.29, 1.82) is 0 Å². The van der Waals surface area contributed by atoms with Gasteiger partial charge in [-0.15, -0.1) is 11.8 Å². The molecule has 0 aliphatic carbocycles. The average Bonchev–Trinajstić information content (AvgIpc) is 2.17. The Morgan fingerprint density at radius 1 is 1.50 bits per heavy atom. The first-order valence-corrected chi connectivity index (χ1v) is 6.49. The van der Waals surface area contributed by atoms with E-state index in [1.165, 1.54) is 11.8 Å². The number of nitrogens with two attached hydrogens (primary N) is 1. The standard InChI is InChI=1S/C11H13ClN2OS/c12-9-3-2-8(13)6-10(9)16-7-11(15)14-4-1-5-14/h2-3,6H,1,4-5,7,13H2. The van der Waals surface area contributed by atoms with Crippen LogP contribution in [-0.2, 0) is 4.79 Å². The summed E-state index contributed by atoms with van der Waals surface area (Å²) >= 11 is 7.45. The lowest BCUT2D eigenvalue weighted by Crippen LogP contribution is -2.43. The van der Waals surface area contributed by atoms with Crippen LogP contribution in [0.3, 0.4) is 0 Å². The third-order valence-corrected chi connectivity index (χ3v) is 4.00. The largest absolute Gasteiger partial charge is 0.399 e. The Bertz CT molecular complexity index is 407. The summed E-state index contributed by atoms with van der Waals surface area (Å²) in [5.41, 5.74) is 6.33. The molecule has 0 bridgehead atoms. The predicted octanol–water partition coefficient (Wildman–Crippen LogP) is 2.25. The van der Waals surface area contributed by atoms with Crippen molar-refractivity contribution in [2.45, 2.75) is 11.3 Å². The number of halogens is 1. The monoisotopic (exact) mass is 256 g/mol. The third-order valence-electron chi connectivity index (χ3n) is 2.52. The number of nitrogen functional groups attached to an aromatic ring is 1. The van der Waals surface area contributed by atoms with Crippen LogP contribution < -0.4 is 5.73 Å². The SMILES string of the molecule is Nc1ccc(Cl)c(SCC(=O)N2CCC2)c1. The molecule has 2 N–H and O–H groups in total. The zero-order valence-electron chi connectivity index (χ0n) is 8.78. The molecule has 0 aromatic heterocycles. The summed E-state index contributed by atoms with van der Waals surface area (Å²) in [4.78, 5) is 14.4. The van der Waals surface area contributed by atoms with Crippen molar-refractivity contribution in [3.63, 3.8) is 0 Å². The molecule has 0 saturated carbocycles. The first kappa shape index (κ1) is 11.6. The van der Waals surface area contributed by atoms with Crippen LogP contribution in [0.15, 0.2) is 23.1 Å². The number of anilines is 1. The summed E-state index contributed by atoms with van der Waals surface area (Å²) in [6.45, 7) is 1.79. The minimum Gasteiger partial charge on any atom is -0.399 e. The topological polar surface area (TPSA) is 46.3 Å². The molecule has 1 saturated heterocycles. The summed E-state index contributed by atoms with van der Waals surface area (Å²) in [5, 5.41) is 0.649. The van der Waals surface area contributed by atoms with Crippen LogP contribution in [0.4, 0.5) is 5.69 Å². The highest BCUT2D eigenvalue weighted by Gasteiger charge is 2.20. The molecule has 0 atom stereocenters. The molecule has 3 nitrogen and oxygen atoms in total. The molecule has 16 heavy (non-hydrogen) atoms. The molecule has 1 heterocycles. The van der Waals surface area contributed by atoms with E-state index >= 15 is 0 Å². The van der Waals surface area contributed by atoms with Gasteiger partial charge in [0.2, 0.25) is 5.91 Å². The Hall–Kier alpha value is -0.870. The van der Waals surface area contributed by atoms with Gasteiger partial charge < -0.3 is 10.6 Å². The van der Waals surface area contributed by atoms with Crippen LogP contribution in [0.1, 0.15) is 6.42 Å². The fourth-order valence-electron chi connectivity index (χ4n) is 1.43. The van der Waals surface area contributed by atoms with E-state index in [2.05, 4.69) is 0 Å². The second-order valence-electron chi connectivity index (χ2n) is 3.71. The lowest BCUT2D eigenvalue weighted by Gasteiger charge is -2.30. The molecule has 0 radical (unpaired) electrons. The minimum atomic E-state index is 0.176. The maximum atomic E-state index is 11.6. The number of carbonyl (C=O) groups is 1. The lowest BCUT2D eigenvalue weighted by molar-refractivity contribution is -0.131. The second-order valence-corrected chi connectivity index (χ2v) is 5.14. The maximum Gasteiger partial charge on any atom is 0.232 e. The molecular weight excluding hydrogens is 244 g/mol. The van der Waals surface area contributed by atoms with Gasteiger partial charge in [0.05, 0.1) is 10.8 Å². The van der Waals surface area contributed by atoms with Crippen molar-refractivity contribution in [2.75, 3.05) is 24.6 Å². The summed E-state index contributed by atoms with van der Waals surface area (Å²) in [6, 6.07) is 5.31. The number of hydrogen-bond donors (Lipinski definition) is 1. The number of amides is 1. The molecular formula is C11H13ClN2OS. The van der Waals surface area contributed by atoms with Crippen LogP contribution in [-0.4, -0.2) is 29.6 Å². The summed E-state index contributed by atoms with van der Waals surface area (Å²) in [7, 11) is 0. The van der Waals surface area contributed by atoms with E-state index < -0.39 is 0 Å². The first-order chi connectivity index (χ1) is 7.66. The number of benzene rings is 1. The number of thioether (sulfide) groups is 1. The van der Waals surface area contributed by atoms with Crippen LogP contribution in [0.2, 0.25) is 5.02 Å². The van der Waals surface area contributed by atoms with Crippen LogP contribution in [0.5, 0.6) is 0 Å². The molecule has 2 rings (SSSR count). The number of rotatable bonds is 3. The maximum absolute atomic E-state index is 11.6. The van der Waals surface area contributed by atoms with E-state index in [1.807, 2.05) is 4.90 Å². The molecule has 1 aromatic carbocycles. The Morgan fingerprint density at radius 3 is 2.88 bits per heavy atom. The van der Waals surface area contributed by atoms with Crippen molar-refractivity contribution in [1.82, 2.24) is 4.90 Å². The molecule has 0 unspecified atom stereocenters. The number of hydrogen-bond acceptors (Lipinski definition) is 3. The molecule has 0 spiro atoms. The van der Waals surface area contributed by atoms with Gasteiger partial charge in [0.1, 0.15) is 0 Å². The molecule has 1 fully saturated rings.